The lowest BCUT2D eigenvalue weighted by atomic mass is 10.4. The van der Waals surface area contributed by atoms with Crippen LogP contribution in [0.2, 0.25) is 0 Å². The van der Waals surface area contributed by atoms with E-state index in [4.69, 9.17) is 4.74 Å². The Morgan fingerprint density at radius 2 is 2.19 bits per heavy atom. The first-order valence-electron chi connectivity index (χ1n) is 5.08. The van der Waals surface area contributed by atoms with Crippen LogP contribution in [0.15, 0.2) is 0 Å². The zero-order chi connectivity index (χ0) is 11.4. The molecule has 2 rings (SSSR count). The lowest BCUT2D eigenvalue weighted by molar-refractivity contribution is -0.142. The fourth-order valence-corrected chi connectivity index (χ4v) is 2.10. The summed E-state index contributed by atoms with van der Waals surface area (Å²) in [5.41, 5.74) is 0. The second-order valence-corrected chi connectivity index (χ2v) is 3.98. The van der Waals surface area contributed by atoms with Gasteiger partial charge in [0.25, 0.3) is 5.88 Å². The molecule has 88 valence electrons. The Morgan fingerprint density at radius 3 is 2.88 bits per heavy atom. The quantitative estimate of drug-likeness (QED) is 0.725. The Labute approximate surface area is 97.5 Å². The number of ether oxygens (including phenoxy) is 2. The summed E-state index contributed by atoms with van der Waals surface area (Å²) in [6.45, 7) is 1.82. The molecule has 0 saturated carbocycles. The average molecular weight is 243 g/mol. The number of carbonyl (C=O) groups is 1. The smallest absolute Gasteiger partial charge is 0.343 e. The summed E-state index contributed by atoms with van der Waals surface area (Å²) >= 11 is 1.09. The molecule has 1 aliphatic rings. The maximum absolute atomic E-state index is 10.9. The number of carbonyl (C=O) groups excluding carboxylic acids is 1. The largest absolute Gasteiger partial charge is 0.466 e. The van der Waals surface area contributed by atoms with Crippen LogP contribution in [0.1, 0.15) is 12.8 Å². The lowest BCUT2D eigenvalue weighted by Crippen LogP contribution is -2.20. The van der Waals surface area contributed by atoms with Gasteiger partial charge in [-0.3, -0.25) is 0 Å². The van der Waals surface area contributed by atoms with Crippen LogP contribution >= 0.6 is 11.7 Å². The molecule has 0 N–H and O–H groups in total. The van der Waals surface area contributed by atoms with Gasteiger partial charge in [0.05, 0.1) is 18.8 Å². The second-order valence-electron chi connectivity index (χ2n) is 3.45. The molecular formula is C9H13N3O3S. The third-order valence-corrected chi connectivity index (χ3v) is 2.90. The molecule has 0 unspecified atom stereocenters. The maximum atomic E-state index is 10.9. The van der Waals surface area contributed by atoms with E-state index in [9.17, 15) is 4.79 Å². The van der Waals surface area contributed by atoms with Gasteiger partial charge in [0.15, 0.2) is 6.61 Å². The number of rotatable bonds is 4. The summed E-state index contributed by atoms with van der Waals surface area (Å²) in [6, 6.07) is 0. The van der Waals surface area contributed by atoms with Crippen LogP contribution in [0.3, 0.4) is 0 Å². The molecule has 1 aliphatic heterocycles. The van der Waals surface area contributed by atoms with Gasteiger partial charge >= 0.3 is 5.97 Å². The number of nitrogens with zero attached hydrogens (tertiary/aromatic N) is 3. The number of aromatic nitrogens is 2. The molecular weight excluding hydrogens is 230 g/mol. The SMILES string of the molecule is COC(=O)COc1nsnc1N1CCCC1. The summed E-state index contributed by atoms with van der Waals surface area (Å²) in [7, 11) is 1.33. The Kier molecular flexibility index (Phi) is 3.55. The van der Waals surface area contributed by atoms with Crippen molar-refractivity contribution in [2.24, 2.45) is 0 Å². The Bertz CT molecular complexity index is 363. The molecule has 7 heteroatoms. The molecule has 0 bridgehead atoms. The normalized spacial score (nSPS) is 15.2. The van der Waals surface area contributed by atoms with E-state index in [0.29, 0.717) is 5.88 Å². The topological polar surface area (TPSA) is 64.5 Å². The summed E-state index contributed by atoms with van der Waals surface area (Å²) in [6.07, 6.45) is 2.32. The van der Waals surface area contributed by atoms with Crippen LogP contribution in [-0.4, -0.2) is 41.5 Å². The molecule has 1 aromatic heterocycles. The first kappa shape index (κ1) is 11.1. The highest BCUT2D eigenvalue weighted by atomic mass is 32.1. The molecule has 16 heavy (non-hydrogen) atoms. The number of hydrogen-bond donors (Lipinski definition) is 0. The van der Waals surface area contributed by atoms with Crippen molar-refractivity contribution in [1.29, 1.82) is 0 Å². The second kappa shape index (κ2) is 5.11. The van der Waals surface area contributed by atoms with Gasteiger partial charge in [-0.05, 0) is 12.8 Å². The number of hydrogen-bond acceptors (Lipinski definition) is 7. The fourth-order valence-electron chi connectivity index (χ4n) is 1.58. The zero-order valence-electron chi connectivity index (χ0n) is 9.01. The van der Waals surface area contributed by atoms with Crippen LogP contribution in [0.25, 0.3) is 0 Å². The van der Waals surface area contributed by atoms with Crippen LogP contribution in [-0.2, 0) is 9.53 Å². The van der Waals surface area contributed by atoms with Crippen molar-refractivity contribution >= 4 is 23.5 Å². The first-order valence-corrected chi connectivity index (χ1v) is 5.81. The molecule has 6 nitrogen and oxygen atoms in total. The molecule has 0 amide bonds. The average Bonchev–Trinajstić information content (AvgIpc) is 2.95. The third kappa shape index (κ3) is 2.41. The van der Waals surface area contributed by atoms with E-state index in [0.717, 1.165) is 43.5 Å². The molecule has 0 radical (unpaired) electrons. The predicted octanol–water partition coefficient (Wildman–Crippen LogP) is 0.690. The predicted molar refractivity (Wildman–Crippen MR) is 58.9 cm³/mol. The van der Waals surface area contributed by atoms with Crippen molar-refractivity contribution < 1.29 is 14.3 Å². The minimum Gasteiger partial charge on any atom is -0.466 e. The molecule has 1 saturated heterocycles. The van der Waals surface area contributed by atoms with Crippen molar-refractivity contribution in [2.75, 3.05) is 31.7 Å². The molecule has 0 atom stereocenters. The van der Waals surface area contributed by atoms with Crippen molar-refractivity contribution in [3.05, 3.63) is 0 Å². The number of esters is 1. The van der Waals surface area contributed by atoms with E-state index in [1.807, 2.05) is 0 Å². The van der Waals surface area contributed by atoms with E-state index in [-0.39, 0.29) is 6.61 Å². The molecule has 0 aliphatic carbocycles. The van der Waals surface area contributed by atoms with Crippen LogP contribution in [0, 0.1) is 0 Å². The molecule has 1 fully saturated rings. The van der Waals surface area contributed by atoms with E-state index < -0.39 is 5.97 Å². The van der Waals surface area contributed by atoms with Crippen molar-refractivity contribution in [2.45, 2.75) is 12.8 Å². The fraction of sp³-hybridized carbons (Fsp3) is 0.667. The number of methoxy groups -OCH3 is 1. The highest BCUT2D eigenvalue weighted by molar-refractivity contribution is 6.99. The highest BCUT2D eigenvalue weighted by Gasteiger charge is 2.21. The standard InChI is InChI=1S/C9H13N3O3S/c1-14-7(13)6-15-9-8(10-16-11-9)12-4-2-3-5-12/h2-6H2,1H3. The molecule has 0 spiro atoms. The van der Waals surface area contributed by atoms with E-state index >= 15 is 0 Å². The zero-order valence-corrected chi connectivity index (χ0v) is 9.83. The van der Waals surface area contributed by atoms with Crippen molar-refractivity contribution in [1.82, 2.24) is 8.75 Å². The van der Waals surface area contributed by atoms with Gasteiger partial charge in [0.1, 0.15) is 0 Å². The van der Waals surface area contributed by atoms with Gasteiger partial charge in [0, 0.05) is 13.1 Å². The van der Waals surface area contributed by atoms with E-state index in [1.54, 1.807) is 0 Å². The van der Waals surface area contributed by atoms with E-state index in [2.05, 4.69) is 18.4 Å². The summed E-state index contributed by atoms with van der Waals surface area (Å²) < 4.78 is 18.0. The molecule has 1 aromatic rings. The lowest BCUT2D eigenvalue weighted by Gasteiger charge is -2.14. The first-order chi connectivity index (χ1) is 7.81. The van der Waals surface area contributed by atoms with Gasteiger partial charge in [0.2, 0.25) is 5.82 Å². The maximum Gasteiger partial charge on any atom is 0.343 e. The van der Waals surface area contributed by atoms with Crippen LogP contribution in [0.4, 0.5) is 5.82 Å². The third-order valence-electron chi connectivity index (χ3n) is 2.40. The minimum absolute atomic E-state index is 0.122. The number of anilines is 1. The van der Waals surface area contributed by atoms with Gasteiger partial charge in [-0.15, -0.1) is 4.37 Å². The van der Waals surface area contributed by atoms with Gasteiger partial charge in [-0.2, -0.15) is 4.37 Å². The van der Waals surface area contributed by atoms with Crippen molar-refractivity contribution in [3.8, 4) is 5.88 Å². The Morgan fingerprint density at radius 1 is 1.44 bits per heavy atom. The van der Waals surface area contributed by atoms with Crippen molar-refractivity contribution in [3.63, 3.8) is 0 Å². The summed E-state index contributed by atoms with van der Waals surface area (Å²) in [4.78, 5) is 13.1. The van der Waals surface area contributed by atoms with Gasteiger partial charge in [-0.25, -0.2) is 4.79 Å². The molecule has 0 aromatic carbocycles. The van der Waals surface area contributed by atoms with Crippen LogP contribution in [0.5, 0.6) is 5.88 Å². The monoisotopic (exact) mass is 243 g/mol. The minimum atomic E-state index is -0.416. The summed E-state index contributed by atoms with van der Waals surface area (Å²) in [5, 5.41) is 0. The molecule has 2 heterocycles. The highest BCUT2D eigenvalue weighted by Crippen LogP contribution is 2.28. The van der Waals surface area contributed by atoms with E-state index in [1.165, 1.54) is 7.11 Å². The Hall–Kier alpha value is -1.37. The summed E-state index contributed by atoms with van der Waals surface area (Å²) in [5.74, 6) is 0.754. The Balaban J connectivity index is 1.98. The van der Waals surface area contributed by atoms with Crippen LogP contribution < -0.4 is 9.64 Å². The van der Waals surface area contributed by atoms with Gasteiger partial charge in [-0.1, -0.05) is 0 Å². The van der Waals surface area contributed by atoms with Gasteiger partial charge < -0.3 is 14.4 Å².